The molecule has 30 heavy (non-hydrogen) atoms. The first-order valence-electron chi connectivity index (χ1n) is 10.5. The topological polar surface area (TPSA) is 52.6 Å². The predicted molar refractivity (Wildman–Crippen MR) is 121 cm³/mol. The van der Waals surface area contributed by atoms with E-state index in [1.54, 1.807) is 38.1 Å². The fourth-order valence-corrected chi connectivity index (χ4v) is 3.73. The minimum atomic E-state index is -0.00805. The van der Waals surface area contributed by atoms with E-state index >= 15 is 0 Å². The molecule has 0 heterocycles. The molecule has 2 aromatic carbocycles. The average molecular weight is 411 g/mol. The van der Waals surface area contributed by atoms with E-state index < -0.39 is 0 Å². The molecule has 0 amide bonds. The number of carbonyl (C=O) groups excluding carboxylic acids is 2. The summed E-state index contributed by atoms with van der Waals surface area (Å²) in [5, 5.41) is 0. The van der Waals surface area contributed by atoms with Crippen molar-refractivity contribution in [2.45, 2.75) is 54.4 Å². The Morgan fingerprint density at radius 2 is 1.13 bits per heavy atom. The molecule has 0 aliphatic carbocycles. The number of benzene rings is 2. The highest BCUT2D eigenvalue weighted by atomic mass is 16.5. The Morgan fingerprint density at radius 3 is 1.57 bits per heavy atom. The van der Waals surface area contributed by atoms with Gasteiger partial charge in [0.1, 0.15) is 11.5 Å². The lowest BCUT2D eigenvalue weighted by Gasteiger charge is -2.35. The minimum absolute atomic E-state index is 0.00805. The Bertz CT molecular complexity index is 846. The second kappa shape index (κ2) is 9.92. The van der Waals surface area contributed by atoms with Crippen LogP contribution in [0.15, 0.2) is 48.5 Å². The van der Waals surface area contributed by atoms with Crippen molar-refractivity contribution in [2.24, 2.45) is 10.8 Å². The molecule has 0 aliphatic heterocycles. The minimum Gasteiger partial charge on any atom is -0.494 e. The summed E-state index contributed by atoms with van der Waals surface area (Å²) in [5.41, 5.74) is 1.47. The Kier molecular flexibility index (Phi) is 7.83. The van der Waals surface area contributed by atoms with Crippen LogP contribution in [0.3, 0.4) is 0 Å². The zero-order chi connectivity index (χ0) is 22.4. The standard InChI is InChI=1S/C26H34O4/c1-19(27)21-7-11-23(12-8-21)29-16-15-25(3,4)17-26(5,6)18-30-24-13-9-22(10-14-24)20(2)28/h7-14H,15-18H2,1-6H3. The average Bonchev–Trinajstić information content (AvgIpc) is 2.66. The van der Waals surface area contributed by atoms with E-state index in [0.29, 0.717) is 24.3 Å². The molecule has 2 aromatic rings. The van der Waals surface area contributed by atoms with Crippen molar-refractivity contribution in [1.29, 1.82) is 0 Å². The Morgan fingerprint density at radius 1 is 0.700 bits per heavy atom. The molecule has 162 valence electrons. The SMILES string of the molecule is CC(=O)c1ccc(OCCC(C)(C)CC(C)(C)COc2ccc(C(C)=O)cc2)cc1. The van der Waals surface area contributed by atoms with Gasteiger partial charge in [0.25, 0.3) is 0 Å². The summed E-state index contributed by atoms with van der Waals surface area (Å²) in [6.45, 7) is 13.3. The quantitative estimate of drug-likeness (QED) is 0.403. The van der Waals surface area contributed by atoms with E-state index in [9.17, 15) is 9.59 Å². The monoisotopic (exact) mass is 410 g/mol. The fraction of sp³-hybridized carbons (Fsp3) is 0.462. The maximum absolute atomic E-state index is 11.4. The Balaban J connectivity index is 1.81. The van der Waals surface area contributed by atoms with Crippen molar-refractivity contribution < 1.29 is 19.1 Å². The van der Waals surface area contributed by atoms with E-state index in [-0.39, 0.29) is 22.4 Å². The molecular weight excluding hydrogens is 376 g/mol. The van der Waals surface area contributed by atoms with Crippen LogP contribution in [0.4, 0.5) is 0 Å². The van der Waals surface area contributed by atoms with Gasteiger partial charge in [0.05, 0.1) is 13.2 Å². The van der Waals surface area contributed by atoms with Gasteiger partial charge >= 0.3 is 0 Å². The van der Waals surface area contributed by atoms with Crippen molar-refractivity contribution in [2.75, 3.05) is 13.2 Å². The molecule has 4 nitrogen and oxygen atoms in total. The van der Waals surface area contributed by atoms with Gasteiger partial charge in [-0.1, -0.05) is 27.7 Å². The highest BCUT2D eigenvalue weighted by Crippen LogP contribution is 2.36. The van der Waals surface area contributed by atoms with E-state index in [0.717, 1.165) is 24.3 Å². The summed E-state index contributed by atoms with van der Waals surface area (Å²) >= 11 is 0. The lowest BCUT2D eigenvalue weighted by atomic mass is 9.74. The summed E-state index contributed by atoms with van der Waals surface area (Å²) in [6, 6.07) is 14.6. The molecule has 0 radical (unpaired) electrons. The van der Waals surface area contributed by atoms with Gasteiger partial charge in [0.15, 0.2) is 11.6 Å². The highest BCUT2D eigenvalue weighted by Gasteiger charge is 2.29. The maximum Gasteiger partial charge on any atom is 0.159 e. The van der Waals surface area contributed by atoms with Gasteiger partial charge in [0, 0.05) is 11.1 Å². The number of ether oxygens (including phenoxy) is 2. The molecule has 0 saturated heterocycles. The fourth-order valence-electron chi connectivity index (χ4n) is 3.73. The highest BCUT2D eigenvalue weighted by molar-refractivity contribution is 5.94. The zero-order valence-corrected chi connectivity index (χ0v) is 19.1. The number of rotatable bonds is 11. The van der Waals surface area contributed by atoms with Crippen LogP contribution in [0.25, 0.3) is 0 Å². The molecule has 0 bridgehead atoms. The largest absolute Gasteiger partial charge is 0.494 e. The number of Topliss-reactive ketones (excluding diaryl/α,β-unsaturated/α-hetero) is 2. The first kappa shape index (κ1) is 23.7. The predicted octanol–water partition coefficient (Wildman–Crippen LogP) is 6.38. The molecule has 0 N–H and O–H groups in total. The molecule has 0 unspecified atom stereocenters. The summed E-state index contributed by atoms with van der Waals surface area (Å²) in [4.78, 5) is 22.7. The second-order valence-electron chi connectivity index (χ2n) is 9.55. The van der Waals surface area contributed by atoms with E-state index in [4.69, 9.17) is 9.47 Å². The van der Waals surface area contributed by atoms with Crippen LogP contribution in [0.5, 0.6) is 11.5 Å². The van der Waals surface area contributed by atoms with Crippen LogP contribution in [0.1, 0.15) is 75.1 Å². The van der Waals surface area contributed by atoms with Crippen molar-refractivity contribution in [3.63, 3.8) is 0 Å². The van der Waals surface area contributed by atoms with Crippen LogP contribution in [-0.2, 0) is 0 Å². The Hall–Kier alpha value is -2.62. The van der Waals surface area contributed by atoms with Crippen molar-refractivity contribution in [3.8, 4) is 11.5 Å². The van der Waals surface area contributed by atoms with Crippen LogP contribution in [0.2, 0.25) is 0 Å². The van der Waals surface area contributed by atoms with E-state index in [2.05, 4.69) is 27.7 Å². The molecule has 0 fully saturated rings. The first-order valence-corrected chi connectivity index (χ1v) is 10.5. The molecule has 0 saturated carbocycles. The third-order valence-corrected chi connectivity index (χ3v) is 5.16. The lowest BCUT2D eigenvalue weighted by molar-refractivity contribution is 0.0998. The van der Waals surface area contributed by atoms with Gasteiger partial charge in [-0.2, -0.15) is 0 Å². The summed E-state index contributed by atoms with van der Waals surface area (Å²) in [6.07, 6.45) is 1.90. The molecule has 2 rings (SSSR count). The molecule has 0 aliphatic rings. The van der Waals surface area contributed by atoms with Gasteiger partial charge in [-0.3, -0.25) is 9.59 Å². The molecule has 4 heteroatoms. The van der Waals surface area contributed by atoms with Crippen LogP contribution < -0.4 is 9.47 Å². The van der Waals surface area contributed by atoms with Gasteiger partial charge in [-0.15, -0.1) is 0 Å². The normalized spacial score (nSPS) is 11.8. The van der Waals surface area contributed by atoms with Crippen molar-refractivity contribution in [3.05, 3.63) is 59.7 Å². The second-order valence-corrected chi connectivity index (χ2v) is 9.55. The van der Waals surface area contributed by atoms with Crippen molar-refractivity contribution in [1.82, 2.24) is 0 Å². The van der Waals surface area contributed by atoms with Gasteiger partial charge in [0.2, 0.25) is 0 Å². The molecule has 0 aromatic heterocycles. The third-order valence-electron chi connectivity index (χ3n) is 5.16. The van der Waals surface area contributed by atoms with Gasteiger partial charge in [-0.05, 0) is 86.1 Å². The lowest BCUT2D eigenvalue weighted by Crippen LogP contribution is -2.29. The van der Waals surface area contributed by atoms with Crippen LogP contribution in [-0.4, -0.2) is 24.8 Å². The summed E-state index contributed by atoms with van der Waals surface area (Å²) < 4.78 is 11.9. The van der Waals surface area contributed by atoms with Gasteiger partial charge < -0.3 is 9.47 Å². The number of carbonyl (C=O) groups is 2. The van der Waals surface area contributed by atoms with Crippen LogP contribution in [0, 0.1) is 10.8 Å². The summed E-state index contributed by atoms with van der Waals surface area (Å²) in [7, 11) is 0. The van der Waals surface area contributed by atoms with E-state index in [1.165, 1.54) is 0 Å². The Labute approximate surface area is 180 Å². The zero-order valence-electron chi connectivity index (χ0n) is 19.1. The van der Waals surface area contributed by atoms with Gasteiger partial charge in [-0.25, -0.2) is 0 Å². The van der Waals surface area contributed by atoms with E-state index in [1.807, 2.05) is 24.3 Å². The molecule has 0 atom stereocenters. The molecular formula is C26H34O4. The summed E-state index contributed by atoms with van der Waals surface area (Å²) in [5.74, 6) is 1.68. The first-order chi connectivity index (χ1) is 14.0. The maximum atomic E-state index is 11.4. The smallest absolute Gasteiger partial charge is 0.159 e. The number of hydrogen-bond donors (Lipinski definition) is 0. The number of ketones is 2. The van der Waals surface area contributed by atoms with Crippen molar-refractivity contribution >= 4 is 11.6 Å². The third kappa shape index (κ3) is 7.66. The number of hydrogen-bond acceptors (Lipinski definition) is 4. The molecule has 0 spiro atoms. The van der Waals surface area contributed by atoms with Crippen LogP contribution >= 0.6 is 0 Å².